The largest absolute Gasteiger partial charge is 0.391 e. The third kappa shape index (κ3) is 1.34. The van der Waals surface area contributed by atoms with Crippen LogP contribution in [0.25, 0.3) is 11.0 Å². The number of rotatable bonds is 2. The van der Waals surface area contributed by atoms with Gasteiger partial charge in [-0.25, -0.2) is 4.79 Å². The molecule has 0 bridgehead atoms. The summed E-state index contributed by atoms with van der Waals surface area (Å²) in [6.07, 6.45) is 0. The van der Waals surface area contributed by atoms with Crippen molar-refractivity contribution >= 4 is 33.8 Å². The monoisotopic (exact) mass is 254 g/mol. The van der Waals surface area contributed by atoms with Crippen LogP contribution in [0.4, 0.5) is 22.7 Å². The van der Waals surface area contributed by atoms with Crippen molar-refractivity contribution in [3.05, 3.63) is 30.7 Å². The van der Waals surface area contributed by atoms with Crippen LogP contribution in [0.3, 0.4) is 0 Å². The Morgan fingerprint density at radius 3 is 1.89 bits per heavy atom. The first-order chi connectivity index (χ1) is 8.34. The van der Waals surface area contributed by atoms with Crippen molar-refractivity contribution in [1.29, 1.82) is 0 Å². The van der Waals surface area contributed by atoms with Crippen molar-refractivity contribution in [1.82, 2.24) is 9.97 Å². The minimum absolute atomic E-state index is 0.215. The molecule has 1 aromatic heterocycles. The van der Waals surface area contributed by atoms with Crippen molar-refractivity contribution in [3.63, 3.8) is 0 Å². The summed E-state index contributed by atoms with van der Waals surface area (Å²) < 4.78 is 0. The molecule has 0 aliphatic carbocycles. The van der Waals surface area contributed by atoms with Gasteiger partial charge in [0.1, 0.15) is 16.7 Å². The molecular formula is C7H6N6O5. The molecule has 0 saturated heterocycles. The van der Waals surface area contributed by atoms with Gasteiger partial charge in [0.25, 0.3) is 0 Å². The lowest BCUT2D eigenvalue weighted by molar-refractivity contribution is -0.390. The van der Waals surface area contributed by atoms with Crippen LogP contribution in [0.2, 0.25) is 0 Å². The normalized spacial score (nSPS) is 10.7. The fourth-order valence-electron chi connectivity index (χ4n) is 1.66. The summed E-state index contributed by atoms with van der Waals surface area (Å²) in [6.45, 7) is 0. The Labute approximate surface area is 96.7 Å². The minimum atomic E-state index is -0.942. The number of H-pyrrole nitrogens is 2. The van der Waals surface area contributed by atoms with Gasteiger partial charge in [-0.15, -0.1) is 0 Å². The Balaban J connectivity index is 3.10. The molecule has 0 aliphatic rings. The van der Waals surface area contributed by atoms with Gasteiger partial charge in [0.05, 0.1) is 9.85 Å². The maximum Gasteiger partial charge on any atom is 0.324 e. The number of anilines is 2. The lowest BCUT2D eigenvalue weighted by atomic mass is 10.1. The van der Waals surface area contributed by atoms with E-state index in [0.717, 1.165) is 0 Å². The van der Waals surface area contributed by atoms with Crippen molar-refractivity contribution in [2.45, 2.75) is 0 Å². The Kier molecular flexibility index (Phi) is 2.18. The van der Waals surface area contributed by atoms with Gasteiger partial charge >= 0.3 is 17.1 Å². The zero-order chi connectivity index (χ0) is 13.6. The molecule has 1 aromatic carbocycles. The first kappa shape index (κ1) is 11.4. The Morgan fingerprint density at radius 1 is 0.889 bits per heavy atom. The molecule has 1 heterocycles. The molecule has 0 unspecified atom stereocenters. The number of fused-ring (bicyclic) bond motifs is 1. The van der Waals surface area contributed by atoms with Crippen LogP contribution < -0.4 is 17.2 Å². The number of nitrogens with zero attached hydrogens (tertiary/aromatic N) is 2. The van der Waals surface area contributed by atoms with Crippen LogP contribution in [-0.2, 0) is 0 Å². The molecule has 2 rings (SSSR count). The molecule has 0 atom stereocenters. The number of nitrogens with one attached hydrogen (secondary N) is 2. The number of aromatic amines is 2. The van der Waals surface area contributed by atoms with E-state index in [-0.39, 0.29) is 11.0 Å². The number of aromatic nitrogens is 2. The van der Waals surface area contributed by atoms with Gasteiger partial charge in [-0.3, -0.25) is 25.2 Å². The van der Waals surface area contributed by atoms with Gasteiger partial charge in [0.2, 0.25) is 0 Å². The smallest absolute Gasteiger partial charge is 0.324 e. The zero-order valence-corrected chi connectivity index (χ0v) is 8.59. The summed E-state index contributed by atoms with van der Waals surface area (Å²) in [5, 5.41) is 21.6. The molecule has 0 saturated carbocycles. The van der Waals surface area contributed by atoms with Crippen molar-refractivity contribution in [3.8, 4) is 0 Å². The molecular weight excluding hydrogens is 248 g/mol. The highest BCUT2D eigenvalue weighted by Crippen LogP contribution is 2.42. The van der Waals surface area contributed by atoms with Crippen molar-refractivity contribution < 1.29 is 9.85 Å². The highest BCUT2D eigenvalue weighted by molar-refractivity contribution is 6.05. The minimum Gasteiger partial charge on any atom is -0.391 e. The average Bonchev–Trinajstić information content (AvgIpc) is 2.58. The second-order valence-corrected chi connectivity index (χ2v) is 3.37. The number of nitro benzene ring substituents is 2. The highest BCUT2D eigenvalue weighted by atomic mass is 16.6. The van der Waals surface area contributed by atoms with E-state index in [2.05, 4.69) is 9.97 Å². The number of hydrogen-bond acceptors (Lipinski definition) is 7. The van der Waals surface area contributed by atoms with Crippen LogP contribution in [0.5, 0.6) is 0 Å². The molecule has 2 aromatic rings. The molecule has 11 nitrogen and oxygen atoms in total. The van der Waals surface area contributed by atoms with E-state index in [0.29, 0.717) is 0 Å². The van der Waals surface area contributed by atoms with Crippen LogP contribution in [0.15, 0.2) is 4.79 Å². The number of hydrogen-bond donors (Lipinski definition) is 4. The van der Waals surface area contributed by atoms with Crippen LogP contribution in [0, 0.1) is 20.2 Å². The van der Waals surface area contributed by atoms with Crippen molar-refractivity contribution in [2.24, 2.45) is 0 Å². The van der Waals surface area contributed by atoms with E-state index in [4.69, 9.17) is 11.5 Å². The number of imidazole rings is 1. The van der Waals surface area contributed by atoms with E-state index in [1.54, 1.807) is 0 Å². The summed E-state index contributed by atoms with van der Waals surface area (Å²) >= 11 is 0. The van der Waals surface area contributed by atoms with Crippen LogP contribution in [-0.4, -0.2) is 19.8 Å². The summed E-state index contributed by atoms with van der Waals surface area (Å²) in [6, 6.07) is 0. The second-order valence-electron chi connectivity index (χ2n) is 3.37. The fraction of sp³-hybridized carbons (Fsp3) is 0. The summed E-state index contributed by atoms with van der Waals surface area (Å²) in [4.78, 5) is 35.2. The Hall–Kier alpha value is -3.11. The average molecular weight is 254 g/mol. The van der Waals surface area contributed by atoms with Gasteiger partial charge in [0, 0.05) is 0 Å². The first-order valence-corrected chi connectivity index (χ1v) is 4.46. The summed E-state index contributed by atoms with van der Waals surface area (Å²) in [5.41, 5.74) is 6.87. The van der Waals surface area contributed by atoms with Crippen LogP contribution >= 0.6 is 0 Å². The summed E-state index contributed by atoms with van der Waals surface area (Å²) in [7, 11) is 0. The SMILES string of the molecule is Nc1c([N+](=O)[O-])c(N)c2[nH]c(=O)[nH]c2c1[N+](=O)[O-]. The molecule has 94 valence electrons. The second kappa shape index (κ2) is 3.44. The topological polar surface area (TPSA) is 187 Å². The molecule has 6 N–H and O–H groups in total. The molecule has 0 radical (unpaired) electrons. The molecule has 0 amide bonds. The maximum absolute atomic E-state index is 11.1. The molecule has 0 spiro atoms. The number of nitrogens with two attached hydrogens (primary N) is 2. The quantitative estimate of drug-likeness (QED) is 0.325. The maximum atomic E-state index is 11.1. The number of nitrogen functional groups attached to an aromatic ring is 2. The highest BCUT2D eigenvalue weighted by Gasteiger charge is 2.32. The lowest BCUT2D eigenvalue weighted by Gasteiger charge is -2.03. The first-order valence-electron chi connectivity index (χ1n) is 4.46. The van der Waals surface area contributed by atoms with E-state index in [1.165, 1.54) is 0 Å². The van der Waals surface area contributed by atoms with E-state index in [1.807, 2.05) is 0 Å². The van der Waals surface area contributed by atoms with E-state index >= 15 is 0 Å². The predicted octanol–water partition coefficient (Wildman–Crippen LogP) is -0.163. The molecule has 0 fully saturated rings. The van der Waals surface area contributed by atoms with Crippen LogP contribution in [0.1, 0.15) is 0 Å². The number of benzene rings is 1. The fourth-order valence-corrected chi connectivity index (χ4v) is 1.66. The Morgan fingerprint density at radius 2 is 1.39 bits per heavy atom. The van der Waals surface area contributed by atoms with E-state index in [9.17, 15) is 25.0 Å². The molecule has 18 heavy (non-hydrogen) atoms. The predicted molar refractivity (Wildman–Crippen MR) is 61.1 cm³/mol. The van der Waals surface area contributed by atoms with Crippen molar-refractivity contribution in [2.75, 3.05) is 11.5 Å². The molecule has 0 aliphatic heterocycles. The van der Waals surface area contributed by atoms with Gasteiger partial charge in [-0.2, -0.15) is 0 Å². The summed E-state index contributed by atoms with van der Waals surface area (Å²) in [5.74, 6) is 0. The van der Waals surface area contributed by atoms with Gasteiger partial charge < -0.3 is 16.5 Å². The van der Waals surface area contributed by atoms with Gasteiger partial charge in [-0.1, -0.05) is 0 Å². The number of nitro groups is 2. The third-order valence-corrected chi connectivity index (χ3v) is 2.36. The van der Waals surface area contributed by atoms with E-state index < -0.39 is 38.3 Å². The Bertz CT molecular complexity index is 743. The van der Waals surface area contributed by atoms with Gasteiger partial charge in [-0.05, 0) is 0 Å². The zero-order valence-electron chi connectivity index (χ0n) is 8.59. The lowest BCUT2D eigenvalue weighted by Crippen LogP contribution is -2.05. The standard InChI is InChI=1S/C7H6N6O5/c8-1-3-4(11-7(14)10-3)6(13(17)18)2(9)5(1)12(15)16/h8-9H2,(H2,10,11,14). The van der Waals surface area contributed by atoms with Gasteiger partial charge in [0.15, 0.2) is 5.69 Å². The third-order valence-electron chi connectivity index (χ3n) is 2.36. The molecule has 11 heteroatoms.